The predicted molar refractivity (Wildman–Crippen MR) is 117 cm³/mol. The summed E-state index contributed by atoms with van der Waals surface area (Å²) in [6.07, 6.45) is 11.4. The van der Waals surface area contributed by atoms with Crippen LogP contribution < -0.4 is 0 Å². The van der Waals surface area contributed by atoms with Crippen LogP contribution in [-0.2, 0) is 17.0 Å². The molecule has 0 fully saturated rings. The standard InChI is InChI=1S/C16H11N2.C7H9.2ClH.Ti/c1-2-6-13-10-15(9-12(13)5-1)18-11-14-7-3-4-8-16(14)17-18;1-7(2)5-3-4-6-7;;;/h1-11H;3-5H,1-2H3;2*1H;/q2*-1;;;+2/p-2. The molecule has 0 aliphatic heterocycles. The van der Waals surface area contributed by atoms with Gasteiger partial charge in [0, 0.05) is 11.6 Å². The van der Waals surface area contributed by atoms with Crippen molar-refractivity contribution in [3.05, 3.63) is 91.2 Å². The van der Waals surface area contributed by atoms with Crippen LogP contribution in [0, 0.1) is 11.5 Å². The number of halogens is 2. The van der Waals surface area contributed by atoms with Gasteiger partial charge in [0.15, 0.2) is 0 Å². The van der Waals surface area contributed by atoms with E-state index < -0.39 is 17.0 Å². The predicted octanol–water partition coefficient (Wildman–Crippen LogP) is 7.22. The zero-order valence-electron chi connectivity index (χ0n) is 15.7. The van der Waals surface area contributed by atoms with Crippen LogP contribution in [0.3, 0.4) is 0 Å². The Morgan fingerprint density at radius 3 is 2.29 bits per heavy atom. The molecule has 1 aliphatic rings. The third-order valence-electron chi connectivity index (χ3n) is 4.35. The molecule has 0 N–H and O–H groups in total. The van der Waals surface area contributed by atoms with Gasteiger partial charge < -0.3 is 0 Å². The average Bonchev–Trinajstić information content (AvgIpc) is 3.39. The second-order valence-corrected chi connectivity index (χ2v) is 9.52. The molecule has 4 aromatic rings. The van der Waals surface area contributed by atoms with Crippen LogP contribution in [0.4, 0.5) is 0 Å². The van der Waals surface area contributed by atoms with Gasteiger partial charge >= 0.3 is 35.6 Å². The van der Waals surface area contributed by atoms with Crippen LogP contribution in [0.5, 0.6) is 0 Å². The fourth-order valence-corrected chi connectivity index (χ4v) is 2.96. The van der Waals surface area contributed by atoms with Crippen LogP contribution >= 0.6 is 18.6 Å². The van der Waals surface area contributed by atoms with E-state index in [1.54, 1.807) is 0 Å². The van der Waals surface area contributed by atoms with Crippen molar-refractivity contribution in [1.82, 2.24) is 9.78 Å². The fraction of sp³-hybridized carbons (Fsp3) is 0.130. The number of benzene rings is 2. The van der Waals surface area contributed by atoms with Crippen molar-refractivity contribution in [2.24, 2.45) is 5.41 Å². The minimum atomic E-state index is -0.556. The van der Waals surface area contributed by atoms with Crippen LogP contribution in [0.1, 0.15) is 13.8 Å². The summed E-state index contributed by atoms with van der Waals surface area (Å²) >= 11 is -0.556. The van der Waals surface area contributed by atoms with Gasteiger partial charge in [0.1, 0.15) is 0 Å². The molecule has 0 saturated carbocycles. The number of hydrogen-bond acceptors (Lipinski definition) is 1. The van der Waals surface area contributed by atoms with E-state index in [1.807, 2.05) is 35.0 Å². The van der Waals surface area contributed by atoms with Crippen molar-refractivity contribution < 1.29 is 17.0 Å². The maximum atomic E-state index is 4.89. The van der Waals surface area contributed by atoms with Gasteiger partial charge in [0.25, 0.3) is 0 Å². The summed E-state index contributed by atoms with van der Waals surface area (Å²) in [7, 11) is 9.78. The van der Waals surface area contributed by atoms with Crippen molar-refractivity contribution >= 4 is 40.3 Å². The SMILES string of the molecule is CC1(C)[C-]=CC=C1.[Cl][Ti][Cl].c1ccc2[cH-]c(-n3cc4ccccc4n3)cc2c1. The van der Waals surface area contributed by atoms with Gasteiger partial charge in [0.2, 0.25) is 0 Å². The van der Waals surface area contributed by atoms with Crippen LogP contribution in [0.15, 0.2) is 85.1 Å². The zero-order chi connectivity index (χ0) is 20.0. The number of hydrogen-bond donors (Lipinski definition) is 0. The van der Waals surface area contributed by atoms with Crippen molar-refractivity contribution in [2.45, 2.75) is 13.8 Å². The van der Waals surface area contributed by atoms with Gasteiger partial charge in [-0.3, -0.25) is 10.8 Å². The first-order valence-electron chi connectivity index (χ1n) is 8.88. The fourth-order valence-electron chi connectivity index (χ4n) is 2.96. The van der Waals surface area contributed by atoms with Crippen molar-refractivity contribution in [1.29, 1.82) is 0 Å². The summed E-state index contributed by atoms with van der Waals surface area (Å²) in [4.78, 5) is 0. The second kappa shape index (κ2) is 9.67. The second-order valence-electron chi connectivity index (χ2n) is 6.94. The number of rotatable bonds is 1. The Bertz CT molecular complexity index is 954. The summed E-state index contributed by atoms with van der Waals surface area (Å²) in [5.74, 6) is 0. The minimum Gasteiger partial charge on any atom is -0.259 e. The number of allylic oxidation sites excluding steroid dienone is 4. The quantitative estimate of drug-likeness (QED) is 0.225. The molecule has 5 heteroatoms. The van der Waals surface area contributed by atoms with Gasteiger partial charge in [0.05, 0.1) is 5.52 Å². The average molecular weight is 443 g/mol. The molecule has 1 heterocycles. The minimum absolute atomic E-state index is 0.208. The molecule has 0 bridgehead atoms. The molecule has 0 saturated heterocycles. The molecule has 1 aliphatic carbocycles. The molecule has 1 aromatic heterocycles. The molecular formula is C23H20Cl2N2Ti-2. The largest absolute Gasteiger partial charge is 0.259 e. The van der Waals surface area contributed by atoms with E-state index in [1.165, 1.54) is 16.2 Å². The Balaban J connectivity index is 0.000000188. The van der Waals surface area contributed by atoms with Crippen molar-refractivity contribution in [2.75, 3.05) is 0 Å². The van der Waals surface area contributed by atoms with Gasteiger partial charge in [-0.1, -0.05) is 43.5 Å². The molecule has 5 rings (SSSR count). The van der Waals surface area contributed by atoms with Crippen molar-refractivity contribution in [3.8, 4) is 5.69 Å². The maximum absolute atomic E-state index is 4.89. The molecule has 0 atom stereocenters. The summed E-state index contributed by atoms with van der Waals surface area (Å²) in [6, 6.07) is 20.9. The Morgan fingerprint density at radius 2 is 1.71 bits per heavy atom. The summed E-state index contributed by atoms with van der Waals surface area (Å²) < 4.78 is 1.95. The summed E-state index contributed by atoms with van der Waals surface area (Å²) in [5.41, 5.74) is 2.36. The van der Waals surface area contributed by atoms with Crippen LogP contribution in [0.2, 0.25) is 0 Å². The van der Waals surface area contributed by atoms with Crippen molar-refractivity contribution in [3.63, 3.8) is 0 Å². The topological polar surface area (TPSA) is 17.8 Å². The molecule has 0 radical (unpaired) electrons. The molecule has 0 spiro atoms. The Labute approximate surface area is 182 Å². The Morgan fingerprint density at radius 1 is 1.04 bits per heavy atom. The Kier molecular flexibility index (Phi) is 7.26. The summed E-state index contributed by atoms with van der Waals surface area (Å²) in [6.45, 7) is 4.26. The van der Waals surface area contributed by atoms with E-state index in [9.17, 15) is 0 Å². The normalized spacial score (nSPS) is 13.7. The smallest absolute Gasteiger partial charge is 0.0927 e. The van der Waals surface area contributed by atoms with Crippen LogP contribution in [-0.4, -0.2) is 9.78 Å². The number of fused-ring (bicyclic) bond motifs is 2. The molecule has 0 unspecified atom stereocenters. The molecular weight excluding hydrogens is 423 g/mol. The van der Waals surface area contributed by atoms with Crippen LogP contribution in [0.25, 0.3) is 27.4 Å². The Hall–Kier alpha value is -1.71. The third kappa shape index (κ3) is 5.43. The van der Waals surface area contributed by atoms with E-state index in [-0.39, 0.29) is 5.41 Å². The first-order valence-corrected chi connectivity index (χ1v) is 13.2. The zero-order valence-corrected chi connectivity index (χ0v) is 18.8. The van der Waals surface area contributed by atoms with E-state index in [4.69, 9.17) is 18.6 Å². The molecule has 142 valence electrons. The van der Waals surface area contributed by atoms with E-state index >= 15 is 0 Å². The van der Waals surface area contributed by atoms with Gasteiger partial charge in [-0.25, -0.2) is 12.2 Å². The molecule has 28 heavy (non-hydrogen) atoms. The summed E-state index contributed by atoms with van der Waals surface area (Å²) in [5, 5.41) is 8.28. The first kappa shape index (κ1) is 21.0. The third-order valence-corrected chi connectivity index (χ3v) is 4.35. The van der Waals surface area contributed by atoms with Gasteiger partial charge in [-0.2, -0.15) is 11.2 Å². The number of aromatic nitrogens is 2. The monoisotopic (exact) mass is 442 g/mol. The molecule has 0 amide bonds. The first-order chi connectivity index (χ1) is 13.5. The van der Waals surface area contributed by atoms with E-state index in [0.29, 0.717) is 0 Å². The molecule has 3 aromatic carbocycles. The maximum Gasteiger partial charge on any atom is 0.0927 e. The van der Waals surface area contributed by atoms with Gasteiger partial charge in [-0.05, 0) is 11.8 Å². The van der Waals surface area contributed by atoms with Gasteiger partial charge in [-0.15, -0.1) is 41.1 Å². The molecule has 2 nitrogen and oxygen atoms in total. The van der Waals surface area contributed by atoms with E-state index in [0.717, 1.165) is 11.2 Å². The number of nitrogens with zero attached hydrogens (tertiary/aromatic N) is 2. The van der Waals surface area contributed by atoms with E-state index in [2.05, 4.69) is 79.8 Å².